The molecule has 1 heterocycles. The highest BCUT2D eigenvalue weighted by molar-refractivity contribution is 7.89. The molecule has 1 aromatic heterocycles. The highest BCUT2D eigenvalue weighted by atomic mass is 32.2. The van der Waals surface area contributed by atoms with Crippen LogP contribution in [-0.4, -0.2) is 38.8 Å². The first-order valence-corrected chi connectivity index (χ1v) is 9.10. The normalized spacial score (nSPS) is 13.0. The maximum absolute atomic E-state index is 12.3. The van der Waals surface area contributed by atoms with Crippen LogP contribution in [0.4, 0.5) is 0 Å². The van der Waals surface area contributed by atoms with E-state index in [-0.39, 0.29) is 16.8 Å². The van der Waals surface area contributed by atoms with Gasteiger partial charge in [-0.3, -0.25) is 4.79 Å². The molecular formula is C17H22N2O4S. The van der Waals surface area contributed by atoms with Crippen LogP contribution >= 0.6 is 0 Å². The molecule has 0 spiro atoms. The van der Waals surface area contributed by atoms with Crippen LogP contribution in [0.3, 0.4) is 0 Å². The number of nitrogens with one attached hydrogen (secondary N) is 1. The van der Waals surface area contributed by atoms with E-state index in [0.717, 1.165) is 22.9 Å². The summed E-state index contributed by atoms with van der Waals surface area (Å²) in [7, 11) is -0.646. The van der Waals surface area contributed by atoms with E-state index in [1.807, 2.05) is 19.1 Å². The van der Waals surface area contributed by atoms with Gasteiger partial charge in [0, 0.05) is 32.1 Å². The quantitative estimate of drug-likeness (QED) is 0.831. The van der Waals surface area contributed by atoms with Crippen LogP contribution in [0.5, 0.6) is 0 Å². The molecule has 130 valence electrons. The number of nitrogens with zero attached hydrogens (tertiary/aromatic N) is 1. The van der Waals surface area contributed by atoms with Crippen LogP contribution in [0.15, 0.2) is 52.0 Å². The molecule has 0 radical (unpaired) electrons. The Morgan fingerprint density at radius 3 is 2.62 bits per heavy atom. The van der Waals surface area contributed by atoms with Gasteiger partial charge in [-0.2, -0.15) is 0 Å². The Hall–Kier alpha value is -2.12. The maximum atomic E-state index is 12.3. The molecule has 1 amide bonds. The van der Waals surface area contributed by atoms with E-state index >= 15 is 0 Å². The fourth-order valence-electron chi connectivity index (χ4n) is 2.20. The molecule has 0 aliphatic rings. The second-order valence-corrected chi connectivity index (χ2v) is 7.96. The van der Waals surface area contributed by atoms with E-state index in [2.05, 4.69) is 5.32 Å². The van der Waals surface area contributed by atoms with E-state index in [4.69, 9.17) is 4.42 Å². The van der Waals surface area contributed by atoms with Gasteiger partial charge < -0.3 is 9.73 Å². The average molecular weight is 350 g/mol. The van der Waals surface area contributed by atoms with Crippen molar-refractivity contribution in [2.24, 2.45) is 0 Å². The van der Waals surface area contributed by atoms with E-state index < -0.39 is 10.0 Å². The molecule has 6 nitrogen and oxygen atoms in total. The van der Waals surface area contributed by atoms with Gasteiger partial charge in [-0.05, 0) is 43.7 Å². The lowest BCUT2D eigenvalue weighted by molar-refractivity contribution is 0.0938. The monoisotopic (exact) mass is 350 g/mol. The number of aryl methyl sites for hydroxylation is 1. The third-order valence-electron chi connectivity index (χ3n) is 3.66. The number of furan rings is 1. The van der Waals surface area contributed by atoms with Crippen LogP contribution in [0.2, 0.25) is 0 Å². The number of carbonyl (C=O) groups is 1. The number of hydrogen-bond donors (Lipinski definition) is 1. The average Bonchev–Trinajstić information content (AvgIpc) is 3.06. The Morgan fingerprint density at radius 1 is 1.25 bits per heavy atom. The third-order valence-corrected chi connectivity index (χ3v) is 5.47. The summed E-state index contributed by atoms with van der Waals surface area (Å²) < 4.78 is 30.7. The zero-order chi connectivity index (χ0) is 17.7. The molecular weight excluding hydrogens is 328 g/mol. The van der Waals surface area contributed by atoms with E-state index in [0.29, 0.717) is 5.56 Å². The van der Waals surface area contributed by atoms with Gasteiger partial charge in [0.2, 0.25) is 10.0 Å². The van der Waals surface area contributed by atoms with Crippen molar-refractivity contribution in [1.82, 2.24) is 9.62 Å². The van der Waals surface area contributed by atoms with Crippen molar-refractivity contribution in [3.8, 4) is 0 Å². The Bertz CT molecular complexity index is 783. The van der Waals surface area contributed by atoms with Crippen molar-refractivity contribution >= 4 is 15.9 Å². The summed E-state index contributed by atoms with van der Waals surface area (Å²) in [5.74, 6) is 0.577. The Balaban J connectivity index is 2.02. The molecule has 24 heavy (non-hydrogen) atoms. The zero-order valence-corrected chi connectivity index (χ0v) is 14.8. The maximum Gasteiger partial charge on any atom is 0.251 e. The predicted molar refractivity (Wildman–Crippen MR) is 91.3 cm³/mol. The van der Waals surface area contributed by atoms with Crippen molar-refractivity contribution in [2.45, 2.75) is 30.7 Å². The first-order chi connectivity index (χ1) is 11.3. The van der Waals surface area contributed by atoms with Crippen molar-refractivity contribution in [3.63, 3.8) is 0 Å². The van der Waals surface area contributed by atoms with E-state index in [1.54, 1.807) is 18.4 Å². The van der Waals surface area contributed by atoms with Crippen molar-refractivity contribution in [3.05, 3.63) is 54.0 Å². The molecule has 0 aliphatic carbocycles. The lowest BCUT2D eigenvalue weighted by Gasteiger charge is -2.15. The van der Waals surface area contributed by atoms with Gasteiger partial charge in [0.05, 0.1) is 11.2 Å². The van der Waals surface area contributed by atoms with Crippen molar-refractivity contribution < 1.29 is 17.6 Å². The van der Waals surface area contributed by atoms with Gasteiger partial charge in [0.1, 0.15) is 5.76 Å². The van der Waals surface area contributed by atoms with Crippen LogP contribution < -0.4 is 5.32 Å². The van der Waals surface area contributed by atoms with Crippen LogP contribution in [0, 0.1) is 0 Å². The minimum absolute atomic E-state index is 0.0586. The Labute approximate surface area is 142 Å². The molecule has 0 fully saturated rings. The van der Waals surface area contributed by atoms with Gasteiger partial charge in [-0.1, -0.05) is 6.07 Å². The molecule has 1 aromatic carbocycles. The van der Waals surface area contributed by atoms with Gasteiger partial charge in [-0.25, -0.2) is 12.7 Å². The second-order valence-electron chi connectivity index (χ2n) is 5.81. The second kappa shape index (κ2) is 7.63. The molecule has 7 heteroatoms. The summed E-state index contributed by atoms with van der Waals surface area (Å²) in [6.07, 6.45) is 3.08. The molecule has 0 unspecified atom stereocenters. The van der Waals surface area contributed by atoms with Crippen LogP contribution in [0.1, 0.15) is 29.5 Å². The summed E-state index contributed by atoms with van der Waals surface area (Å²) in [6.45, 7) is 1.90. The third kappa shape index (κ3) is 4.46. The van der Waals surface area contributed by atoms with Gasteiger partial charge in [0.25, 0.3) is 5.91 Å². The fraction of sp³-hybridized carbons (Fsp3) is 0.353. The van der Waals surface area contributed by atoms with Crippen molar-refractivity contribution in [1.29, 1.82) is 0 Å². The molecule has 0 saturated heterocycles. The molecule has 2 rings (SSSR count). The fourth-order valence-corrected chi connectivity index (χ4v) is 3.15. The number of sulfonamides is 1. The van der Waals surface area contributed by atoms with Gasteiger partial charge >= 0.3 is 0 Å². The summed E-state index contributed by atoms with van der Waals surface area (Å²) in [5, 5.41) is 2.88. The molecule has 0 saturated carbocycles. The molecule has 0 bridgehead atoms. The smallest absolute Gasteiger partial charge is 0.251 e. The molecule has 1 atom stereocenters. The topological polar surface area (TPSA) is 79.6 Å². The predicted octanol–water partition coefficient (Wildman–Crippen LogP) is 2.28. The summed E-state index contributed by atoms with van der Waals surface area (Å²) in [4.78, 5) is 12.4. The summed E-state index contributed by atoms with van der Waals surface area (Å²) in [6, 6.07) is 9.70. The summed E-state index contributed by atoms with van der Waals surface area (Å²) in [5.41, 5.74) is 0.322. The first kappa shape index (κ1) is 18.2. The van der Waals surface area contributed by atoms with E-state index in [9.17, 15) is 13.2 Å². The van der Waals surface area contributed by atoms with Crippen LogP contribution in [0.25, 0.3) is 0 Å². The summed E-state index contributed by atoms with van der Waals surface area (Å²) >= 11 is 0. The molecule has 1 N–H and O–H groups in total. The van der Waals surface area contributed by atoms with E-state index in [1.165, 1.54) is 26.2 Å². The lowest BCUT2D eigenvalue weighted by Crippen LogP contribution is -2.33. The highest BCUT2D eigenvalue weighted by Crippen LogP contribution is 2.15. The minimum Gasteiger partial charge on any atom is -0.469 e. The highest BCUT2D eigenvalue weighted by Gasteiger charge is 2.19. The zero-order valence-electron chi connectivity index (χ0n) is 14.0. The molecule has 0 aliphatic heterocycles. The van der Waals surface area contributed by atoms with Gasteiger partial charge in [0.15, 0.2) is 0 Å². The Kier molecular flexibility index (Phi) is 5.80. The standard InChI is InChI=1S/C17H22N2O4S/c1-13(9-10-15-7-5-11-23-15)18-17(20)14-6-4-8-16(12-14)24(21,22)19(2)3/h4-8,11-13H,9-10H2,1-3H3,(H,18,20)/t13-/m0/s1. The SMILES string of the molecule is C[C@@H](CCc1ccco1)NC(=O)c1cccc(S(=O)(=O)N(C)C)c1. The van der Waals surface area contributed by atoms with Gasteiger partial charge in [-0.15, -0.1) is 0 Å². The van der Waals surface area contributed by atoms with Crippen molar-refractivity contribution in [2.75, 3.05) is 14.1 Å². The minimum atomic E-state index is -3.56. The lowest BCUT2D eigenvalue weighted by atomic mass is 10.1. The number of rotatable bonds is 7. The number of carbonyl (C=O) groups excluding carboxylic acids is 1. The Morgan fingerprint density at radius 2 is 2.00 bits per heavy atom. The number of amides is 1. The number of hydrogen-bond acceptors (Lipinski definition) is 4. The van der Waals surface area contributed by atoms with Crippen LogP contribution in [-0.2, 0) is 16.4 Å². The largest absolute Gasteiger partial charge is 0.469 e. The number of benzene rings is 1. The molecule has 2 aromatic rings. The first-order valence-electron chi connectivity index (χ1n) is 7.66.